The monoisotopic (exact) mass is 458 g/mol. The molecule has 3 atom stereocenters. The Labute approximate surface area is 194 Å². The van der Waals surface area contributed by atoms with Gasteiger partial charge in [0.25, 0.3) is 5.91 Å². The average Bonchev–Trinajstić information content (AvgIpc) is 3.49. The molecule has 2 fully saturated rings. The number of hydrogen-bond acceptors (Lipinski definition) is 4. The number of aromatic nitrogens is 1. The molecule has 180 valence electrons. The van der Waals surface area contributed by atoms with E-state index in [0.717, 1.165) is 50.8 Å². The van der Waals surface area contributed by atoms with Crippen molar-refractivity contribution >= 4 is 22.7 Å². The van der Waals surface area contributed by atoms with E-state index in [1.165, 1.54) is 6.07 Å². The van der Waals surface area contributed by atoms with Gasteiger partial charge in [-0.05, 0) is 56.2 Å². The van der Waals surface area contributed by atoms with Gasteiger partial charge in [-0.15, -0.1) is 0 Å². The third-order valence-electron chi connectivity index (χ3n) is 7.42. The molecule has 0 unspecified atom stereocenters. The van der Waals surface area contributed by atoms with Crippen LogP contribution in [0.2, 0.25) is 0 Å². The maximum Gasteiger partial charge on any atom is 0.267 e. The van der Waals surface area contributed by atoms with Crippen molar-refractivity contribution in [1.29, 1.82) is 0 Å². The van der Waals surface area contributed by atoms with Crippen molar-refractivity contribution in [3.05, 3.63) is 35.3 Å². The number of carbonyl (C=O) groups excluding carboxylic acids is 2. The molecule has 2 aliphatic rings. The van der Waals surface area contributed by atoms with Gasteiger partial charge in [0.15, 0.2) is 0 Å². The fraction of sp³-hybridized carbons (Fsp3) is 0.600. The number of hydrogen-bond donors (Lipinski definition) is 2. The predicted octanol–water partition coefficient (Wildman–Crippen LogP) is 3.08. The van der Waals surface area contributed by atoms with Crippen LogP contribution in [0.15, 0.2) is 18.2 Å². The van der Waals surface area contributed by atoms with Crippen molar-refractivity contribution in [2.75, 3.05) is 40.4 Å². The number of aromatic amines is 1. The van der Waals surface area contributed by atoms with Gasteiger partial charge in [-0.1, -0.05) is 12.5 Å². The number of carbonyl (C=O) groups is 2. The number of likely N-dealkylation sites (N-methyl/N-ethyl adjacent to an activating group) is 1. The number of amides is 2. The zero-order valence-electron chi connectivity index (χ0n) is 19.8. The number of likely N-dealkylation sites (tertiary alicyclic amines) is 1. The highest BCUT2D eigenvalue weighted by Gasteiger charge is 2.34. The Bertz CT molecular complexity index is 968. The van der Waals surface area contributed by atoms with Crippen LogP contribution in [0.5, 0.6) is 0 Å². The highest BCUT2D eigenvalue weighted by Crippen LogP contribution is 2.30. The lowest BCUT2D eigenvalue weighted by molar-refractivity contribution is -0.135. The molecule has 2 amide bonds. The van der Waals surface area contributed by atoms with E-state index in [0.29, 0.717) is 35.1 Å². The van der Waals surface area contributed by atoms with Crippen molar-refractivity contribution in [2.45, 2.75) is 51.1 Å². The Hall–Kier alpha value is -2.45. The lowest BCUT2D eigenvalue weighted by Crippen LogP contribution is -2.44. The summed E-state index contributed by atoms with van der Waals surface area (Å²) >= 11 is 0. The summed E-state index contributed by atoms with van der Waals surface area (Å²) in [4.78, 5) is 32.3. The number of H-pyrrole nitrogens is 1. The van der Waals surface area contributed by atoms with Crippen LogP contribution in [0.3, 0.4) is 0 Å². The van der Waals surface area contributed by atoms with Crippen molar-refractivity contribution in [3.8, 4) is 0 Å². The first kappa shape index (κ1) is 23.7. The lowest BCUT2D eigenvalue weighted by atomic mass is 9.85. The van der Waals surface area contributed by atoms with Crippen LogP contribution in [-0.2, 0) is 9.53 Å². The van der Waals surface area contributed by atoms with Crippen molar-refractivity contribution < 1.29 is 18.7 Å². The highest BCUT2D eigenvalue weighted by molar-refractivity contribution is 5.98. The molecule has 1 aliphatic heterocycles. The van der Waals surface area contributed by atoms with Crippen LogP contribution in [0.1, 0.15) is 48.2 Å². The normalized spacial score (nSPS) is 23.7. The standard InChI is InChI=1S/C25H35FN4O3/c1-16-7-8-21(26)20-12-22(28-24(16)20)25(32)27-13-17-5-4-6-18(11-17)30-10-9-19(14-30)29(2)23(31)15-33-3/h7-8,12,17-19,28H,4-6,9-11,13-15H2,1-3H3,(H,27,32)/t17-,18+,19+/m1/s1. The number of fused-ring (bicyclic) bond motifs is 1. The van der Waals surface area contributed by atoms with Gasteiger partial charge in [0.2, 0.25) is 5.91 Å². The largest absolute Gasteiger partial charge is 0.375 e. The Balaban J connectivity index is 1.30. The number of ether oxygens (including phenoxy) is 1. The summed E-state index contributed by atoms with van der Waals surface area (Å²) in [6.07, 6.45) is 5.43. The van der Waals surface area contributed by atoms with Gasteiger partial charge < -0.3 is 19.9 Å². The molecule has 0 spiro atoms. The topological polar surface area (TPSA) is 77.7 Å². The van der Waals surface area contributed by atoms with E-state index in [1.54, 1.807) is 19.2 Å². The molecule has 0 radical (unpaired) electrons. The molecule has 1 aromatic heterocycles. The molecule has 2 heterocycles. The molecule has 1 saturated carbocycles. The quantitative estimate of drug-likeness (QED) is 0.669. The van der Waals surface area contributed by atoms with Crippen LogP contribution in [-0.4, -0.2) is 79.1 Å². The van der Waals surface area contributed by atoms with Gasteiger partial charge in [-0.2, -0.15) is 0 Å². The van der Waals surface area contributed by atoms with Gasteiger partial charge in [-0.3, -0.25) is 14.5 Å². The third-order valence-corrected chi connectivity index (χ3v) is 7.42. The first-order valence-electron chi connectivity index (χ1n) is 11.9. The first-order valence-corrected chi connectivity index (χ1v) is 11.9. The summed E-state index contributed by atoms with van der Waals surface area (Å²) in [5.74, 6) is -0.0609. The minimum Gasteiger partial charge on any atom is -0.375 e. The van der Waals surface area contributed by atoms with Gasteiger partial charge in [0, 0.05) is 51.3 Å². The Morgan fingerprint density at radius 1 is 1.30 bits per heavy atom. The summed E-state index contributed by atoms with van der Waals surface area (Å²) in [6, 6.07) is 5.47. The summed E-state index contributed by atoms with van der Waals surface area (Å²) in [5, 5.41) is 3.51. The molecule has 1 aliphatic carbocycles. The minimum atomic E-state index is -0.320. The number of aryl methyl sites for hydroxylation is 1. The van der Waals surface area contributed by atoms with E-state index in [4.69, 9.17) is 4.74 Å². The molecular formula is C25H35FN4O3. The molecule has 2 N–H and O–H groups in total. The van der Waals surface area contributed by atoms with Gasteiger partial charge in [0.1, 0.15) is 18.1 Å². The number of benzene rings is 1. The second kappa shape index (κ2) is 10.2. The fourth-order valence-electron chi connectivity index (χ4n) is 5.40. The second-order valence-electron chi connectivity index (χ2n) is 9.61. The summed E-state index contributed by atoms with van der Waals surface area (Å²) < 4.78 is 19.1. The van der Waals surface area contributed by atoms with Crippen LogP contribution in [0.4, 0.5) is 4.39 Å². The maximum atomic E-state index is 14.1. The molecule has 33 heavy (non-hydrogen) atoms. The highest BCUT2D eigenvalue weighted by atomic mass is 19.1. The van der Waals surface area contributed by atoms with E-state index in [2.05, 4.69) is 15.2 Å². The smallest absolute Gasteiger partial charge is 0.267 e. The van der Waals surface area contributed by atoms with Crippen molar-refractivity contribution in [2.24, 2.45) is 5.92 Å². The van der Waals surface area contributed by atoms with E-state index in [9.17, 15) is 14.0 Å². The predicted molar refractivity (Wildman–Crippen MR) is 126 cm³/mol. The molecular weight excluding hydrogens is 423 g/mol. The van der Waals surface area contributed by atoms with Gasteiger partial charge >= 0.3 is 0 Å². The van der Waals surface area contributed by atoms with Crippen molar-refractivity contribution in [3.63, 3.8) is 0 Å². The number of nitrogens with zero attached hydrogens (tertiary/aromatic N) is 2. The van der Waals surface area contributed by atoms with E-state index in [-0.39, 0.29) is 30.3 Å². The van der Waals surface area contributed by atoms with Crippen LogP contribution in [0, 0.1) is 18.7 Å². The van der Waals surface area contributed by atoms with Gasteiger partial charge in [0.05, 0.1) is 5.52 Å². The number of halogens is 1. The van der Waals surface area contributed by atoms with Crippen LogP contribution < -0.4 is 5.32 Å². The van der Waals surface area contributed by atoms with E-state index >= 15 is 0 Å². The van der Waals surface area contributed by atoms with Gasteiger partial charge in [-0.25, -0.2) is 4.39 Å². The summed E-state index contributed by atoms with van der Waals surface area (Å²) in [7, 11) is 3.41. The Morgan fingerprint density at radius 2 is 2.12 bits per heavy atom. The van der Waals surface area contributed by atoms with E-state index in [1.807, 2.05) is 18.9 Å². The molecule has 2 aromatic rings. The zero-order valence-corrected chi connectivity index (χ0v) is 19.8. The number of rotatable bonds is 7. The second-order valence-corrected chi connectivity index (χ2v) is 9.61. The number of methoxy groups -OCH3 is 1. The Kier molecular flexibility index (Phi) is 7.34. The SMILES string of the molecule is COCC(=O)N(C)[C@H]1CCN([C@H]2CCC[C@@H](CNC(=O)c3cc4c(F)ccc(C)c4[nH]3)C2)C1. The first-order chi connectivity index (χ1) is 15.9. The lowest BCUT2D eigenvalue weighted by Gasteiger charge is -2.36. The summed E-state index contributed by atoms with van der Waals surface area (Å²) in [5.41, 5.74) is 1.99. The molecule has 4 rings (SSSR count). The third kappa shape index (κ3) is 5.22. The fourth-order valence-corrected chi connectivity index (χ4v) is 5.40. The molecule has 8 heteroatoms. The molecule has 0 bridgehead atoms. The molecule has 7 nitrogen and oxygen atoms in total. The number of nitrogens with one attached hydrogen (secondary N) is 2. The Morgan fingerprint density at radius 3 is 2.88 bits per heavy atom. The van der Waals surface area contributed by atoms with Crippen molar-refractivity contribution in [1.82, 2.24) is 20.1 Å². The molecule has 1 aromatic carbocycles. The maximum absolute atomic E-state index is 14.1. The van der Waals surface area contributed by atoms with Crippen LogP contribution >= 0.6 is 0 Å². The van der Waals surface area contributed by atoms with E-state index < -0.39 is 0 Å². The zero-order chi connectivity index (χ0) is 23.5. The summed E-state index contributed by atoms with van der Waals surface area (Å²) in [6.45, 7) is 4.54. The minimum absolute atomic E-state index is 0.0284. The average molecular weight is 459 g/mol. The van der Waals surface area contributed by atoms with Crippen LogP contribution in [0.25, 0.3) is 10.9 Å². The molecule has 1 saturated heterocycles.